The molecule has 0 aliphatic carbocycles. The van der Waals surface area contributed by atoms with E-state index in [0.29, 0.717) is 5.69 Å². The highest BCUT2D eigenvalue weighted by atomic mass is 32.2. The number of aromatic nitrogens is 1. The Morgan fingerprint density at radius 1 is 1.48 bits per heavy atom. The van der Waals surface area contributed by atoms with Gasteiger partial charge in [-0.05, 0) is 27.2 Å². The molecule has 0 amide bonds. The van der Waals surface area contributed by atoms with E-state index < -0.39 is 5.60 Å². The predicted molar refractivity (Wildman–Crippen MR) is 87.6 cm³/mol. The smallest absolute Gasteiger partial charge is 0.130 e. The van der Waals surface area contributed by atoms with Crippen molar-refractivity contribution in [2.45, 2.75) is 56.3 Å². The van der Waals surface area contributed by atoms with E-state index in [0.717, 1.165) is 22.7 Å². The molecule has 118 valence electrons. The van der Waals surface area contributed by atoms with Crippen molar-refractivity contribution in [3.8, 4) is 0 Å². The Labute approximate surface area is 131 Å². The van der Waals surface area contributed by atoms with E-state index in [1.807, 2.05) is 13.8 Å². The standard InChI is InChI=1S/C15H25N3O2S/c1-7-11(19-5)18-9(2)21-14-13(18)12(10(16)8-17-14)15(3,4)20-6/h8-9,11H,7,16H2,1-6H3. The molecule has 2 atom stereocenters. The molecule has 0 radical (unpaired) electrons. The summed E-state index contributed by atoms with van der Waals surface area (Å²) in [6.07, 6.45) is 2.62. The number of nitrogens with two attached hydrogens (primary N) is 1. The first kappa shape index (κ1) is 16.4. The van der Waals surface area contributed by atoms with Crippen LogP contribution in [-0.4, -0.2) is 30.8 Å². The molecule has 0 saturated carbocycles. The van der Waals surface area contributed by atoms with Crippen LogP contribution in [0.25, 0.3) is 0 Å². The van der Waals surface area contributed by atoms with Gasteiger partial charge in [0.15, 0.2) is 0 Å². The van der Waals surface area contributed by atoms with Gasteiger partial charge < -0.3 is 20.1 Å². The first-order chi connectivity index (χ1) is 9.87. The maximum Gasteiger partial charge on any atom is 0.130 e. The lowest BCUT2D eigenvalue weighted by Gasteiger charge is -2.35. The SMILES string of the molecule is CCC(OC)N1c2c(ncc(N)c2C(C)(C)OC)SC1C. The highest BCUT2D eigenvalue weighted by molar-refractivity contribution is 8.00. The van der Waals surface area contributed by atoms with Gasteiger partial charge in [-0.1, -0.05) is 18.7 Å². The zero-order chi connectivity index (χ0) is 15.8. The number of hydrogen-bond acceptors (Lipinski definition) is 6. The molecule has 2 heterocycles. The van der Waals surface area contributed by atoms with Crippen LogP contribution in [0.3, 0.4) is 0 Å². The predicted octanol–water partition coefficient (Wildman–Crippen LogP) is 3.19. The summed E-state index contributed by atoms with van der Waals surface area (Å²) in [5, 5.41) is 1.25. The number of fused-ring (bicyclic) bond motifs is 1. The average Bonchev–Trinajstić information content (AvgIpc) is 2.77. The topological polar surface area (TPSA) is 60.6 Å². The van der Waals surface area contributed by atoms with Gasteiger partial charge in [0.1, 0.15) is 11.3 Å². The molecule has 0 bridgehead atoms. The van der Waals surface area contributed by atoms with Gasteiger partial charge in [-0.15, -0.1) is 0 Å². The number of nitrogen functional groups attached to an aromatic ring is 1. The van der Waals surface area contributed by atoms with Crippen LogP contribution in [0, 0.1) is 0 Å². The van der Waals surface area contributed by atoms with E-state index in [-0.39, 0.29) is 11.6 Å². The average molecular weight is 311 g/mol. The van der Waals surface area contributed by atoms with E-state index in [1.165, 1.54) is 0 Å². The third-order valence-corrected chi connectivity index (χ3v) is 5.12. The number of methoxy groups -OCH3 is 2. The Morgan fingerprint density at radius 3 is 2.67 bits per heavy atom. The summed E-state index contributed by atoms with van der Waals surface area (Å²) in [5.41, 5.74) is 8.44. The Hall–Kier alpha value is -0.980. The quantitative estimate of drug-likeness (QED) is 0.901. The van der Waals surface area contributed by atoms with Crippen molar-refractivity contribution in [2.75, 3.05) is 24.9 Å². The molecule has 21 heavy (non-hydrogen) atoms. The van der Waals surface area contributed by atoms with E-state index in [9.17, 15) is 0 Å². The van der Waals surface area contributed by atoms with Crippen LogP contribution in [0.1, 0.15) is 39.7 Å². The van der Waals surface area contributed by atoms with Crippen LogP contribution in [0.15, 0.2) is 11.2 Å². The zero-order valence-corrected chi connectivity index (χ0v) is 14.5. The second-order valence-corrected chi connectivity index (χ2v) is 6.98. The molecule has 0 aromatic carbocycles. The normalized spacial score (nSPS) is 19.7. The number of pyridine rings is 1. The zero-order valence-electron chi connectivity index (χ0n) is 13.6. The van der Waals surface area contributed by atoms with Crippen LogP contribution in [0.4, 0.5) is 11.4 Å². The molecule has 2 rings (SSSR count). The second kappa shape index (κ2) is 6.02. The summed E-state index contributed by atoms with van der Waals surface area (Å²) >= 11 is 1.73. The van der Waals surface area contributed by atoms with Crippen molar-refractivity contribution in [2.24, 2.45) is 0 Å². The molecule has 1 aliphatic rings. The van der Waals surface area contributed by atoms with Crippen molar-refractivity contribution in [3.05, 3.63) is 11.8 Å². The fourth-order valence-corrected chi connectivity index (χ4v) is 3.92. The summed E-state index contributed by atoms with van der Waals surface area (Å²) in [4.78, 5) is 6.77. The lowest BCUT2D eigenvalue weighted by Crippen LogP contribution is -2.40. The third kappa shape index (κ3) is 2.72. The summed E-state index contributed by atoms with van der Waals surface area (Å²) in [6, 6.07) is 0. The molecule has 2 unspecified atom stereocenters. The van der Waals surface area contributed by atoms with Gasteiger partial charge in [0.2, 0.25) is 0 Å². The molecule has 6 heteroatoms. The number of rotatable bonds is 5. The molecule has 5 nitrogen and oxygen atoms in total. The molecule has 1 aliphatic heterocycles. The fraction of sp³-hybridized carbons (Fsp3) is 0.667. The second-order valence-electron chi connectivity index (χ2n) is 5.68. The van der Waals surface area contributed by atoms with E-state index in [2.05, 4.69) is 23.7 Å². The summed E-state index contributed by atoms with van der Waals surface area (Å²) in [6.45, 7) is 8.33. The first-order valence-electron chi connectivity index (χ1n) is 7.19. The van der Waals surface area contributed by atoms with Crippen LogP contribution < -0.4 is 10.6 Å². The highest BCUT2D eigenvalue weighted by Gasteiger charge is 2.39. The van der Waals surface area contributed by atoms with Gasteiger partial charge in [0.25, 0.3) is 0 Å². The maximum absolute atomic E-state index is 6.23. The van der Waals surface area contributed by atoms with Crippen molar-refractivity contribution in [3.63, 3.8) is 0 Å². The highest BCUT2D eigenvalue weighted by Crippen LogP contribution is 2.50. The number of nitrogens with zero attached hydrogens (tertiary/aromatic N) is 2. The molecule has 1 aromatic heterocycles. The lowest BCUT2D eigenvalue weighted by atomic mass is 9.95. The molecule has 0 fully saturated rings. The van der Waals surface area contributed by atoms with Gasteiger partial charge in [0.05, 0.1) is 28.5 Å². The van der Waals surface area contributed by atoms with Crippen molar-refractivity contribution in [1.29, 1.82) is 0 Å². The van der Waals surface area contributed by atoms with Crippen molar-refractivity contribution < 1.29 is 9.47 Å². The number of ether oxygens (including phenoxy) is 2. The third-order valence-electron chi connectivity index (χ3n) is 4.03. The monoisotopic (exact) mass is 311 g/mol. The Balaban J connectivity index is 2.64. The molecular formula is C15H25N3O2S. The number of thioether (sulfide) groups is 1. The fourth-order valence-electron chi connectivity index (χ4n) is 2.81. The van der Waals surface area contributed by atoms with Gasteiger partial charge in [-0.3, -0.25) is 0 Å². The minimum Gasteiger partial charge on any atom is -0.397 e. The maximum atomic E-state index is 6.23. The number of hydrogen-bond donors (Lipinski definition) is 1. The van der Waals surface area contributed by atoms with E-state index in [4.69, 9.17) is 15.2 Å². The molecular weight excluding hydrogens is 286 g/mol. The van der Waals surface area contributed by atoms with Gasteiger partial charge in [0, 0.05) is 19.8 Å². The minimum atomic E-state index is -0.480. The molecule has 0 saturated heterocycles. The van der Waals surface area contributed by atoms with Crippen molar-refractivity contribution >= 4 is 23.1 Å². The summed E-state index contributed by atoms with van der Waals surface area (Å²) < 4.78 is 11.3. The number of anilines is 2. The largest absolute Gasteiger partial charge is 0.397 e. The minimum absolute atomic E-state index is 0.00348. The Morgan fingerprint density at radius 2 is 2.14 bits per heavy atom. The van der Waals surface area contributed by atoms with Gasteiger partial charge in [-0.25, -0.2) is 4.98 Å². The van der Waals surface area contributed by atoms with Crippen LogP contribution >= 0.6 is 11.8 Å². The van der Waals surface area contributed by atoms with Crippen LogP contribution in [0.2, 0.25) is 0 Å². The lowest BCUT2D eigenvalue weighted by molar-refractivity contribution is 0.0193. The van der Waals surface area contributed by atoms with Crippen LogP contribution in [0.5, 0.6) is 0 Å². The first-order valence-corrected chi connectivity index (χ1v) is 8.07. The van der Waals surface area contributed by atoms with E-state index in [1.54, 1.807) is 32.2 Å². The summed E-state index contributed by atoms with van der Waals surface area (Å²) in [5.74, 6) is 0. The van der Waals surface area contributed by atoms with E-state index >= 15 is 0 Å². The van der Waals surface area contributed by atoms with Gasteiger partial charge >= 0.3 is 0 Å². The molecule has 1 aromatic rings. The Kier molecular flexibility index (Phi) is 4.70. The Bertz CT molecular complexity index is 518. The summed E-state index contributed by atoms with van der Waals surface area (Å²) in [7, 11) is 3.44. The molecule has 2 N–H and O–H groups in total. The van der Waals surface area contributed by atoms with Crippen LogP contribution in [-0.2, 0) is 15.1 Å². The van der Waals surface area contributed by atoms with Crippen molar-refractivity contribution in [1.82, 2.24) is 4.98 Å². The van der Waals surface area contributed by atoms with Gasteiger partial charge in [-0.2, -0.15) is 0 Å². The molecule has 0 spiro atoms.